The molecular weight excluding hydrogens is 224 g/mol. The van der Waals surface area contributed by atoms with Gasteiger partial charge in [0, 0.05) is 23.8 Å². The van der Waals surface area contributed by atoms with Gasteiger partial charge in [0.05, 0.1) is 0 Å². The van der Waals surface area contributed by atoms with E-state index in [2.05, 4.69) is 24.5 Å². The van der Waals surface area contributed by atoms with Gasteiger partial charge in [-0.3, -0.25) is 4.79 Å². The summed E-state index contributed by atoms with van der Waals surface area (Å²) in [6, 6.07) is 7.79. The fraction of sp³-hybridized carbons (Fsp3) is 0.533. The Bertz CT molecular complexity index is 371. The number of hydrogen-bond acceptors (Lipinski definition) is 2. The number of benzene rings is 1. The van der Waals surface area contributed by atoms with Crippen LogP contribution in [0, 0.1) is 5.92 Å². The van der Waals surface area contributed by atoms with Gasteiger partial charge in [0.15, 0.2) is 0 Å². The first kappa shape index (κ1) is 14.6. The van der Waals surface area contributed by atoms with E-state index >= 15 is 0 Å². The van der Waals surface area contributed by atoms with Crippen LogP contribution >= 0.6 is 0 Å². The summed E-state index contributed by atoms with van der Waals surface area (Å²) in [5.41, 5.74) is 1.77. The first-order chi connectivity index (χ1) is 8.52. The van der Waals surface area contributed by atoms with Crippen LogP contribution in [0.2, 0.25) is 0 Å². The number of amides is 1. The largest absolute Gasteiger partial charge is 0.385 e. The second-order valence-electron chi connectivity index (χ2n) is 5.10. The molecule has 2 N–H and O–H groups in total. The minimum Gasteiger partial charge on any atom is -0.385 e. The molecule has 0 heterocycles. The Balaban J connectivity index is 2.54. The molecule has 0 aliphatic heterocycles. The lowest BCUT2D eigenvalue weighted by molar-refractivity contribution is 0.0943. The van der Waals surface area contributed by atoms with E-state index in [4.69, 9.17) is 0 Å². The molecular formula is C15H24N2O. The molecule has 0 radical (unpaired) electrons. The Morgan fingerprint density at radius 2 is 1.78 bits per heavy atom. The van der Waals surface area contributed by atoms with Crippen LogP contribution in [0.5, 0.6) is 0 Å². The van der Waals surface area contributed by atoms with Crippen molar-refractivity contribution in [2.45, 2.75) is 40.2 Å². The molecule has 0 aliphatic carbocycles. The number of hydrogen-bond donors (Lipinski definition) is 2. The molecule has 0 aromatic heterocycles. The van der Waals surface area contributed by atoms with Gasteiger partial charge in [-0.15, -0.1) is 0 Å². The molecule has 18 heavy (non-hydrogen) atoms. The van der Waals surface area contributed by atoms with E-state index in [1.54, 1.807) is 0 Å². The van der Waals surface area contributed by atoms with Gasteiger partial charge < -0.3 is 10.6 Å². The molecule has 3 heteroatoms. The van der Waals surface area contributed by atoms with E-state index in [0.717, 1.165) is 12.2 Å². The van der Waals surface area contributed by atoms with Crippen molar-refractivity contribution in [3.05, 3.63) is 29.8 Å². The quantitative estimate of drug-likeness (QED) is 0.811. The summed E-state index contributed by atoms with van der Waals surface area (Å²) < 4.78 is 0. The molecule has 0 bridgehead atoms. The standard InChI is InChI=1S/C15H24N2O/c1-5-12(4)10-16-14-8-6-13(7-9-14)15(18)17-11(2)3/h6-9,11-12,16H,5,10H2,1-4H3,(H,17,18). The maximum atomic E-state index is 11.7. The molecule has 1 unspecified atom stereocenters. The lowest BCUT2D eigenvalue weighted by Gasteiger charge is -2.12. The van der Waals surface area contributed by atoms with Crippen molar-refractivity contribution in [1.29, 1.82) is 0 Å². The van der Waals surface area contributed by atoms with Crippen LogP contribution in [0.15, 0.2) is 24.3 Å². The summed E-state index contributed by atoms with van der Waals surface area (Å²) >= 11 is 0. The van der Waals surface area contributed by atoms with E-state index < -0.39 is 0 Å². The summed E-state index contributed by atoms with van der Waals surface area (Å²) in [7, 11) is 0. The van der Waals surface area contributed by atoms with Gasteiger partial charge in [-0.05, 0) is 44.0 Å². The van der Waals surface area contributed by atoms with Crippen LogP contribution in [0.4, 0.5) is 5.69 Å². The number of carbonyl (C=O) groups excluding carboxylic acids is 1. The van der Waals surface area contributed by atoms with E-state index in [0.29, 0.717) is 11.5 Å². The molecule has 1 rings (SSSR count). The third-order valence-electron chi connectivity index (χ3n) is 2.92. The minimum absolute atomic E-state index is 0.0153. The molecule has 3 nitrogen and oxygen atoms in total. The second kappa shape index (κ2) is 7.04. The van der Waals surface area contributed by atoms with Crippen molar-refractivity contribution in [2.75, 3.05) is 11.9 Å². The smallest absolute Gasteiger partial charge is 0.251 e. The Kier molecular flexibility index (Phi) is 5.69. The minimum atomic E-state index is -0.0153. The molecule has 100 valence electrons. The summed E-state index contributed by atoms with van der Waals surface area (Å²) in [6.45, 7) is 9.29. The van der Waals surface area contributed by atoms with Gasteiger partial charge >= 0.3 is 0 Å². The van der Waals surface area contributed by atoms with Crippen molar-refractivity contribution >= 4 is 11.6 Å². The van der Waals surface area contributed by atoms with Gasteiger partial charge in [-0.25, -0.2) is 0 Å². The Hall–Kier alpha value is -1.51. The van der Waals surface area contributed by atoms with Crippen LogP contribution in [0.3, 0.4) is 0 Å². The molecule has 0 saturated carbocycles. The number of rotatable bonds is 6. The van der Waals surface area contributed by atoms with Crippen molar-refractivity contribution in [1.82, 2.24) is 5.32 Å². The zero-order valence-corrected chi connectivity index (χ0v) is 11.8. The van der Waals surface area contributed by atoms with Crippen LogP contribution in [0.25, 0.3) is 0 Å². The number of carbonyl (C=O) groups is 1. The van der Waals surface area contributed by atoms with Crippen molar-refractivity contribution in [2.24, 2.45) is 5.92 Å². The van der Waals surface area contributed by atoms with E-state index in [1.165, 1.54) is 6.42 Å². The summed E-state index contributed by atoms with van der Waals surface area (Å²) in [5.74, 6) is 0.646. The van der Waals surface area contributed by atoms with Crippen LogP contribution in [0.1, 0.15) is 44.5 Å². The molecule has 1 atom stereocenters. The average molecular weight is 248 g/mol. The molecule has 0 saturated heterocycles. The zero-order valence-electron chi connectivity index (χ0n) is 11.8. The Morgan fingerprint density at radius 1 is 1.17 bits per heavy atom. The lowest BCUT2D eigenvalue weighted by Crippen LogP contribution is -2.29. The highest BCUT2D eigenvalue weighted by molar-refractivity contribution is 5.94. The first-order valence-corrected chi connectivity index (χ1v) is 6.67. The first-order valence-electron chi connectivity index (χ1n) is 6.67. The predicted octanol–water partition coefficient (Wildman–Crippen LogP) is 3.28. The SMILES string of the molecule is CCC(C)CNc1ccc(C(=O)NC(C)C)cc1. The average Bonchev–Trinajstić information content (AvgIpc) is 2.35. The molecule has 1 aromatic carbocycles. The topological polar surface area (TPSA) is 41.1 Å². The molecule has 1 amide bonds. The predicted molar refractivity (Wildman–Crippen MR) is 77.0 cm³/mol. The van der Waals surface area contributed by atoms with Crippen LogP contribution in [-0.2, 0) is 0 Å². The van der Waals surface area contributed by atoms with E-state index in [1.807, 2.05) is 38.1 Å². The Labute approximate surface area is 110 Å². The van der Waals surface area contributed by atoms with Crippen LogP contribution in [-0.4, -0.2) is 18.5 Å². The fourth-order valence-corrected chi connectivity index (χ4v) is 1.52. The van der Waals surface area contributed by atoms with Gasteiger partial charge in [0.2, 0.25) is 0 Å². The molecule has 0 aliphatic rings. The highest BCUT2D eigenvalue weighted by Gasteiger charge is 2.06. The monoisotopic (exact) mass is 248 g/mol. The summed E-state index contributed by atoms with van der Waals surface area (Å²) in [6.07, 6.45) is 1.17. The normalized spacial score (nSPS) is 12.3. The summed E-state index contributed by atoms with van der Waals surface area (Å²) in [4.78, 5) is 11.7. The van der Waals surface area contributed by atoms with Crippen LogP contribution < -0.4 is 10.6 Å². The zero-order chi connectivity index (χ0) is 13.5. The molecule has 0 spiro atoms. The van der Waals surface area contributed by atoms with Gasteiger partial charge in [-0.2, -0.15) is 0 Å². The van der Waals surface area contributed by atoms with Crippen molar-refractivity contribution < 1.29 is 4.79 Å². The maximum absolute atomic E-state index is 11.7. The van der Waals surface area contributed by atoms with Gasteiger partial charge in [-0.1, -0.05) is 20.3 Å². The van der Waals surface area contributed by atoms with Crippen molar-refractivity contribution in [3.63, 3.8) is 0 Å². The Morgan fingerprint density at radius 3 is 2.28 bits per heavy atom. The third kappa shape index (κ3) is 4.78. The molecule has 1 aromatic rings. The maximum Gasteiger partial charge on any atom is 0.251 e. The van der Waals surface area contributed by atoms with E-state index in [-0.39, 0.29) is 11.9 Å². The third-order valence-corrected chi connectivity index (χ3v) is 2.92. The number of anilines is 1. The molecule has 0 fully saturated rings. The number of nitrogens with one attached hydrogen (secondary N) is 2. The lowest BCUT2D eigenvalue weighted by atomic mass is 10.1. The van der Waals surface area contributed by atoms with E-state index in [9.17, 15) is 4.79 Å². The summed E-state index contributed by atoms with van der Waals surface area (Å²) in [5, 5.41) is 6.25. The second-order valence-corrected chi connectivity index (χ2v) is 5.10. The van der Waals surface area contributed by atoms with Crippen molar-refractivity contribution in [3.8, 4) is 0 Å². The highest BCUT2D eigenvalue weighted by Crippen LogP contribution is 2.11. The van der Waals surface area contributed by atoms with Gasteiger partial charge in [0.1, 0.15) is 0 Å². The van der Waals surface area contributed by atoms with Gasteiger partial charge in [0.25, 0.3) is 5.91 Å². The fourth-order valence-electron chi connectivity index (χ4n) is 1.52. The highest BCUT2D eigenvalue weighted by atomic mass is 16.1.